The molecular formula is C26H28F2N2O4. The smallest absolute Gasteiger partial charge is 0.333 e. The monoisotopic (exact) mass is 470 g/mol. The number of nitrogens with one attached hydrogen (secondary N) is 1. The van der Waals surface area contributed by atoms with Crippen molar-refractivity contribution >= 4 is 17.8 Å². The summed E-state index contributed by atoms with van der Waals surface area (Å²) in [5.41, 5.74) is 2.01. The van der Waals surface area contributed by atoms with E-state index in [0.717, 1.165) is 35.3 Å². The Balaban J connectivity index is 1.76. The van der Waals surface area contributed by atoms with Crippen LogP contribution in [0, 0.1) is 23.5 Å². The number of hydrogen-bond donors (Lipinski definition) is 1. The third kappa shape index (κ3) is 4.41. The molecule has 2 aromatic carbocycles. The highest BCUT2D eigenvalue weighted by Crippen LogP contribution is 2.36. The van der Waals surface area contributed by atoms with Crippen molar-refractivity contribution in [3.05, 3.63) is 70.8 Å². The predicted octanol–water partition coefficient (Wildman–Crippen LogP) is 3.34. The van der Waals surface area contributed by atoms with E-state index in [-0.39, 0.29) is 23.8 Å². The minimum atomic E-state index is -1.51. The highest BCUT2D eigenvalue weighted by atomic mass is 19.1. The van der Waals surface area contributed by atoms with Gasteiger partial charge in [-0.1, -0.05) is 44.2 Å². The first-order valence-corrected chi connectivity index (χ1v) is 11.4. The lowest BCUT2D eigenvalue weighted by Gasteiger charge is -2.44. The number of esters is 1. The van der Waals surface area contributed by atoms with Gasteiger partial charge in [-0.15, -0.1) is 0 Å². The number of methoxy groups -OCH3 is 1. The van der Waals surface area contributed by atoms with Crippen LogP contribution in [0.5, 0.6) is 0 Å². The summed E-state index contributed by atoms with van der Waals surface area (Å²) in [5, 5.41) is 2.88. The fourth-order valence-corrected chi connectivity index (χ4v) is 5.10. The summed E-state index contributed by atoms with van der Waals surface area (Å²) >= 11 is 0. The third-order valence-corrected chi connectivity index (χ3v) is 6.67. The molecule has 1 aliphatic carbocycles. The normalized spacial score (nSPS) is 21.4. The number of halogens is 2. The standard InChI is InChI=1S/C26H28F2N2O4/c1-14(2)10-21-24(31)29-22(17-11-15-6-4-5-7-16(15)12-17)25(32)30(21)23(26(33)34-3)19-9-8-18(27)13-20(19)28/h4-9,13-14,17,21-23H,10-12H2,1-3H3,(H,29,31). The Morgan fingerprint density at radius 3 is 2.32 bits per heavy atom. The van der Waals surface area contributed by atoms with Crippen molar-refractivity contribution in [3.8, 4) is 0 Å². The molecule has 3 atom stereocenters. The van der Waals surface area contributed by atoms with Crippen LogP contribution in [0.1, 0.15) is 43.0 Å². The van der Waals surface area contributed by atoms with Gasteiger partial charge in [-0.3, -0.25) is 9.59 Å². The maximum Gasteiger partial charge on any atom is 0.333 e. The first-order chi connectivity index (χ1) is 16.2. The van der Waals surface area contributed by atoms with Crippen molar-refractivity contribution in [2.24, 2.45) is 11.8 Å². The van der Waals surface area contributed by atoms with Gasteiger partial charge in [-0.2, -0.15) is 0 Å². The molecule has 8 heteroatoms. The van der Waals surface area contributed by atoms with E-state index >= 15 is 0 Å². The fourth-order valence-electron chi connectivity index (χ4n) is 5.10. The molecule has 2 aliphatic rings. The minimum Gasteiger partial charge on any atom is -0.467 e. The number of fused-ring (bicyclic) bond motifs is 1. The van der Waals surface area contributed by atoms with Crippen LogP contribution in [-0.4, -0.2) is 41.9 Å². The Labute approximate surface area is 197 Å². The molecule has 0 aromatic heterocycles. The molecule has 0 spiro atoms. The molecule has 1 N–H and O–H groups in total. The first-order valence-electron chi connectivity index (χ1n) is 11.4. The summed E-state index contributed by atoms with van der Waals surface area (Å²) in [6, 6.07) is 7.26. The molecule has 0 bridgehead atoms. The molecule has 1 fully saturated rings. The lowest BCUT2D eigenvalue weighted by molar-refractivity contribution is -0.164. The maximum atomic E-state index is 14.9. The van der Waals surface area contributed by atoms with Gasteiger partial charge < -0.3 is 15.0 Å². The Morgan fingerprint density at radius 1 is 1.12 bits per heavy atom. The fraction of sp³-hybridized carbons (Fsp3) is 0.423. The molecule has 0 saturated carbocycles. The number of rotatable bonds is 6. The predicted molar refractivity (Wildman–Crippen MR) is 120 cm³/mol. The maximum absolute atomic E-state index is 14.9. The molecule has 3 unspecified atom stereocenters. The summed E-state index contributed by atoms with van der Waals surface area (Å²) in [6.07, 6.45) is 1.47. The molecule has 0 radical (unpaired) electrons. The van der Waals surface area contributed by atoms with Gasteiger partial charge >= 0.3 is 5.97 Å². The molecule has 180 valence electrons. The number of ether oxygens (including phenoxy) is 1. The summed E-state index contributed by atoms with van der Waals surface area (Å²) in [6.45, 7) is 3.78. The zero-order valence-electron chi connectivity index (χ0n) is 19.4. The number of benzene rings is 2. The van der Waals surface area contributed by atoms with Gasteiger partial charge in [0.15, 0.2) is 6.04 Å². The van der Waals surface area contributed by atoms with Gasteiger partial charge in [0.1, 0.15) is 23.7 Å². The van der Waals surface area contributed by atoms with Crippen molar-refractivity contribution in [1.82, 2.24) is 10.2 Å². The summed E-state index contributed by atoms with van der Waals surface area (Å²) in [4.78, 5) is 41.3. The van der Waals surface area contributed by atoms with E-state index in [1.165, 1.54) is 0 Å². The van der Waals surface area contributed by atoms with Crippen molar-refractivity contribution in [1.29, 1.82) is 0 Å². The topological polar surface area (TPSA) is 75.7 Å². The molecular weight excluding hydrogens is 442 g/mol. The average molecular weight is 471 g/mol. The summed E-state index contributed by atoms with van der Waals surface area (Å²) < 4.78 is 33.4. The van der Waals surface area contributed by atoms with Crippen LogP contribution in [0.3, 0.4) is 0 Å². The highest BCUT2D eigenvalue weighted by Gasteiger charge is 2.50. The number of amides is 2. The van der Waals surface area contributed by atoms with E-state index in [0.29, 0.717) is 18.9 Å². The largest absolute Gasteiger partial charge is 0.467 e. The van der Waals surface area contributed by atoms with Gasteiger partial charge in [-0.25, -0.2) is 13.6 Å². The second kappa shape index (κ2) is 9.52. The van der Waals surface area contributed by atoms with Gasteiger partial charge in [0.05, 0.1) is 7.11 Å². The van der Waals surface area contributed by atoms with Crippen molar-refractivity contribution < 1.29 is 27.9 Å². The molecule has 6 nitrogen and oxygen atoms in total. The molecule has 34 heavy (non-hydrogen) atoms. The number of nitrogens with zero attached hydrogens (tertiary/aromatic N) is 1. The van der Waals surface area contributed by atoms with Crippen LogP contribution in [-0.2, 0) is 32.0 Å². The number of piperazine rings is 1. The third-order valence-electron chi connectivity index (χ3n) is 6.67. The van der Waals surface area contributed by atoms with E-state index in [1.807, 2.05) is 38.1 Å². The average Bonchev–Trinajstić information content (AvgIpc) is 3.22. The lowest BCUT2D eigenvalue weighted by atomic mass is 9.88. The van der Waals surface area contributed by atoms with Gasteiger partial charge in [0.2, 0.25) is 11.8 Å². The SMILES string of the molecule is COC(=O)C(c1ccc(F)cc1F)N1C(=O)C(C2Cc3ccccc3C2)NC(=O)C1CC(C)C. The van der Waals surface area contributed by atoms with Gasteiger partial charge in [-0.05, 0) is 48.3 Å². The van der Waals surface area contributed by atoms with Crippen LogP contribution in [0.4, 0.5) is 8.78 Å². The molecule has 1 saturated heterocycles. The van der Waals surface area contributed by atoms with Gasteiger partial charge in [0, 0.05) is 11.6 Å². The van der Waals surface area contributed by atoms with Crippen LogP contribution in [0.25, 0.3) is 0 Å². The number of carbonyl (C=O) groups excluding carboxylic acids is 3. The Hall–Kier alpha value is -3.29. The highest BCUT2D eigenvalue weighted by molar-refractivity contribution is 5.99. The number of hydrogen-bond acceptors (Lipinski definition) is 4. The molecule has 2 aromatic rings. The molecule has 2 amide bonds. The second-order valence-corrected chi connectivity index (χ2v) is 9.41. The van der Waals surface area contributed by atoms with Gasteiger partial charge in [0.25, 0.3) is 0 Å². The first kappa shape index (κ1) is 23.9. The Kier molecular flexibility index (Phi) is 6.68. The quantitative estimate of drug-likeness (QED) is 0.658. The summed E-state index contributed by atoms with van der Waals surface area (Å²) in [7, 11) is 1.13. The zero-order valence-corrected chi connectivity index (χ0v) is 19.4. The van der Waals surface area contributed by atoms with E-state index < -0.39 is 47.5 Å². The van der Waals surface area contributed by atoms with Crippen molar-refractivity contribution in [2.45, 2.75) is 51.2 Å². The minimum absolute atomic E-state index is 0.00898. The number of carbonyl (C=O) groups is 3. The second-order valence-electron chi connectivity index (χ2n) is 9.41. The van der Waals surface area contributed by atoms with Crippen LogP contribution in [0.15, 0.2) is 42.5 Å². The van der Waals surface area contributed by atoms with Crippen molar-refractivity contribution in [2.75, 3.05) is 7.11 Å². The van der Waals surface area contributed by atoms with E-state index in [9.17, 15) is 23.2 Å². The van der Waals surface area contributed by atoms with E-state index in [1.54, 1.807) is 0 Å². The molecule has 1 heterocycles. The molecule has 1 aliphatic heterocycles. The van der Waals surface area contributed by atoms with Crippen LogP contribution >= 0.6 is 0 Å². The van der Waals surface area contributed by atoms with Crippen LogP contribution in [0.2, 0.25) is 0 Å². The van der Waals surface area contributed by atoms with Crippen molar-refractivity contribution in [3.63, 3.8) is 0 Å². The Bertz CT molecular complexity index is 1090. The Morgan fingerprint density at radius 2 is 1.76 bits per heavy atom. The molecule has 4 rings (SSSR count). The lowest BCUT2D eigenvalue weighted by Crippen LogP contribution is -2.67. The van der Waals surface area contributed by atoms with E-state index in [2.05, 4.69) is 5.32 Å². The van der Waals surface area contributed by atoms with E-state index in [4.69, 9.17) is 4.74 Å². The van der Waals surface area contributed by atoms with Crippen LogP contribution < -0.4 is 5.32 Å². The summed E-state index contributed by atoms with van der Waals surface area (Å²) in [5.74, 6) is -3.75. The zero-order chi connectivity index (χ0) is 24.6.